The predicted molar refractivity (Wildman–Crippen MR) is 64.6 cm³/mol. The minimum absolute atomic E-state index is 0.156. The molecule has 0 aliphatic rings. The van der Waals surface area contributed by atoms with E-state index in [1.807, 2.05) is 0 Å². The second kappa shape index (κ2) is 15.0. The minimum atomic E-state index is -0.787. The molecular weight excluding hydrogens is 228 g/mol. The number of hydrogen-bond donors (Lipinski definition) is 4. The Morgan fingerprint density at radius 2 is 1.54 bits per heavy atom. The molecule has 0 aliphatic heterocycles. The van der Waals surface area contributed by atoms with Crippen LogP contribution >= 0.6 is 37.9 Å². The molecule has 0 aromatic carbocycles. The number of hydrogen-bond acceptors (Lipinski definition) is 5. The third-order valence-corrected chi connectivity index (χ3v) is 1.39. The highest BCUT2D eigenvalue weighted by Gasteiger charge is 1.88. The number of carboxylic acids is 1. The van der Waals surface area contributed by atoms with Crippen molar-refractivity contribution in [2.24, 2.45) is 0 Å². The summed E-state index contributed by atoms with van der Waals surface area (Å²) in [5, 5.41) is 7.86. The van der Waals surface area contributed by atoms with Crippen LogP contribution in [0.25, 0.3) is 0 Å². The second-order valence-electron chi connectivity index (χ2n) is 1.93. The van der Waals surface area contributed by atoms with Gasteiger partial charge < -0.3 is 9.84 Å². The number of thiol groups is 3. The lowest BCUT2D eigenvalue weighted by molar-refractivity contribution is -0.136. The van der Waals surface area contributed by atoms with E-state index in [1.54, 1.807) is 0 Å². The fourth-order valence-corrected chi connectivity index (χ4v) is 0.776. The molecule has 80 valence electrons. The SMILES string of the molecule is O=C(O)CCS.SCCOCCS. The van der Waals surface area contributed by atoms with Gasteiger partial charge in [-0.15, -0.1) is 0 Å². The van der Waals surface area contributed by atoms with Crippen LogP contribution < -0.4 is 0 Å². The third-order valence-electron chi connectivity index (χ3n) is 0.797. The van der Waals surface area contributed by atoms with Crippen LogP contribution in [0.3, 0.4) is 0 Å². The van der Waals surface area contributed by atoms with E-state index < -0.39 is 5.97 Å². The van der Waals surface area contributed by atoms with Crippen molar-refractivity contribution in [3.8, 4) is 0 Å². The van der Waals surface area contributed by atoms with Crippen molar-refractivity contribution in [3.63, 3.8) is 0 Å². The van der Waals surface area contributed by atoms with Crippen molar-refractivity contribution >= 4 is 43.9 Å². The van der Waals surface area contributed by atoms with Crippen molar-refractivity contribution in [2.75, 3.05) is 30.5 Å². The van der Waals surface area contributed by atoms with Crippen LogP contribution in [-0.2, 0) is 9.53 Å². The molecule has 0 saturated carbocycles. The lowest BCUT2D eigenvalue weighted by Crippen LogP contribution is -1.97. The predicted octanol–water partition coefficient (Wildman–Crippen LogP) is 1.25. The molecular formula is C7H16O3S3. The molecule has 13 heavy (non-hydrogen) atoms. The number of aliphatic carboxylic acids is 1. The quantitative estimate of drug-likeness (QED) is 0.420. The zero-order chi connectivity index (χ0) is 10.5. The third kappa shape index (κ3) is 24.5. The first-order valence-electron chi connectivity index (χ1n) is 3.81. The summed E-state index contributed by atoms with van der Waals surface area (Å²) in [6.45, 7) is 1.48. The normalized spacial score (nSPS) is 8.85. The Morgan fingerprint density at radius 3 is 1.69 bits per heavy atom. The van der Waals surface area contributed by atoms with Gasteiger partial charge in [-0.2, -0.15) is 37.9 Å². The maximum atomic E-state index is 9.55. The Bertz CT molecular complexity index is 107. The van der Waals surface area contributed by atoms with Crippen LogP contribution in [0.4, 0.5) is 0 Å². The number of carboxylic acid groups (broad SMARTS) is 1. The van der Waals surface area contributed by atoms with Crippen molar-refractivity contribution < 1.29 is 14.6 Å². The fraction of sp³-hybridized carbons (Fsp3) is 0.857. The van der Waals surface area contributed by atoms with Gasteiger partial charge in [0.05, 0.1) is 19.6 Å². The van der Waals surface area contributed by atoms with Gasteiger partial charge in [0, 0.05) is 17.3 Å². The molecule has 0 aliphatic carbocycles. The highest BCUT2D eigenvalue weighted by atomic mass is 32.1. The topological polar surface area (TPSA) is 46.5 Å². The monoisotopic (exact) mass is 244 g/mol. The molecule has 0 spiro atoms. The van der Waals surface area contributed by atoms with Crippen LogP contribution in [0, 0.1) is 0 Å². The summed E-state index contributed by atoms with van der Waals surface area (Å²) in [7, 11) is 0. The molecule has 0 saturated heterocycles. The molecule has 0 atom stereocenters. The molecule has 0 amide bonds. The van der Waals surface area contributed by atoms with E-state index >= 15 is 0 Å². The Hall–Kier alpha value is 0.480. The molecule has 0 heterocycles. The minimum Gasteiger partial charge on any atom is -0.481 e. The van der Waals surface area contributed by atoms with Gasteiger partial charge in [-0.3, -0.25) is 4.79 Å². The Kier molecular flexibility index (Phi) is 18.4. The van der Waals surface area contributed by atoms with Gasteiger partial charge in [0.2, 0.25) is 0 Å². The van der Waals surface area contributed by atoms with Gasteiger partial charge in [-0.05, 0) is 0 Å². The molecule has 0 fully saturated rings. The van der Waals surface area contributed by atoms with E-state index in [4.69, 9.17) is 9.84 Å². The smallest absolute Gasteiger partial charge is 0.304 e. The zero-order valence-corrected chi connectivity index (χ0v) is 10.0. The van der Waals surface area contributed by atoms with Crippen LogP contribution in [0.2, 0.25) is 0 Å². The van der Waals surface area contributed by atoms with E-state index in [-0.39, 0.29) is 6.42 Å². The Balaban J connectivity index is 0. The average molecular weight is 244 g/mol. The molecule has 6 heteroatoms. The van der Waals surface area contributed by atoms with Crippen LogP contribution in [0.15, 0.2) is 0 Å². The summed E-state index contributed by atoms with van der Waals surface area (Å²) in [6.07, 6.45) is 0.156. The summed E-state index contributed by atoms with van der Waals surface area (Å²) in [5.41, 5.74) is 0. The zero-order valence-electron chi connectivity index (χ0n) is 7.35. The molecule has 1 N–H and O–H groups in total. The van der Waals surface area contributed by atoms with E-state index in [0.29, 0.717) is 5.75 Å². The van der Waals surface area contributed by atoms with E-state index in [2.05, 4.69) is 37.9 Å². The van der Waals surface area contributed by atoms with Gasteiger partial charge >= 0.3 is 5.97 Å². The van der Waals surface area contributed by atoms with Crippen molar-refractivity contribution in [3.05, 3.63) is 0 Å². The van der Waals surface area contributed by atoms with Crippen molar-refractivity contribution in [2.45, 2.75) is 6.42 Å². The number of ether oxygens (including phenoxy) is 1. The highest BCUT2D eigenvalue weighted by Crippen LogP contribution is 1.80. The molecule has 0 rings (SSSR count). The first-order valence-corrected chi connectivity index (χ1v) is 5.70. The van der Waals surface area contributed by atoms with Gasteiger partial charge in [-0.1, -0.05) is 0 Å². The molecule has 3 nitrogen and oxygen atoms in total. The van der Waals surface area contributed by atoms with Gasteiger partial charge in [0.1, 0.15) is 0 Å². The Labute approximate surface area is 95.5 Å². The summed E-state index contributed by atoms with van der Waals surface area (Å²) in [6, 6.07) is 0. The van der Waals surface area contributed by atoms with Gasteiger partial charge in [0.15, 0.2) is 0 Å². The lowest BCUT2D eigenvalue weighted by atomic mass is 10.5. The summed E-state index contributed by atoms with van der Waals surface area (Å²) >= 11 is 11.6. The molecule has 0 radical (unpaired) electrons. The van der Waals surface area contributed by atoms with Crippen molar-refractivity contribution in [1.29, 1.82) is 0 Å². The van der Waals surface area contributed by atoms with Gasteiger partial charge in [0.25, 0.3) is 0 Å². The molecule has 0 aromatic heterocycles. The summed E-state index contributed by atoms with van der Waals surface area (Å²) in [5.74, 6) is 1.24. The number of carbonyl (C=O) groups is 1. The van der Waals surface area contributed by atoms with Gasteiger partial charge in [-0.25, -0.2) is 0 Å². The maximum absolute atomic E-state index is 9.55. The molecule has 0 bridgehead atoms. The maximum Gasteiger partial charge on any atom is 0.304 e. The first-order chi connectivity index (χ1) is 6.18. The number of rotatable bonds is 6. The fourth-order valence-electron chi connectivity index (χ4n) is 0.327. The van der Waals surface area contributed by atoms with Crippen LogP contribution in [0.1, 0.15) is 6.42 Å². The Morgan fingerprint density at radius 1 is 1.08 bits per heavy atom. The summed E-state index contributed by atoms with van der Waals surface area (Å²) < 4.78 is 4.98. The van der Waals surface area contributed by atoms with Crippen LogP contribution in [-0.4, -0.2) is 41.5 Å². The van der Waals surface area contributed by atoms with E-state index in [0.717, 1.165) is 24.7 Å². The lowest BCUT2D eigenvalue weighted by Gasteiger charge is -1.94. The van der Waals surface area contributed by atoms with E-state index in [9.17, 15) is 4.79 Å². The first kappa shape index (κ1) is 15.9. The van der Waals surface area contributed by atoms with E-state index in [1.165, 1.54) is 0 Å². The van der Waals surface area contributed by atoms with Crippen LogP contribution in [0.5, 0.6) is 0 Å². The second-order valence-corrected chi connectivity index (χ2v) is 3.27. The summed E-state index contributed by atoms with van der Waals surface area (Å²) in [4.78, 5) is 9.55. The standard InChI is InChI=1S/C4H10OS2.C3H6O2S/c6-3-1-5-2-4-7;4-3(5)1-2-6/h6-7H,1-4H2;6H,1-2H2,(H,4,5). The highest BCUT2D eigenvalue weighted by molar-refractivity contribution is 7.80. The largest absolute Gasteiger partial charge is 0.481 e. The molecule has 0 aromatic rings. The van der Waals surface area contributed by atoms with Crippen molar-refractivity contribution in [1.82, 2.24) is 0 Å². The molecule has 0 unspecified atom stereocenters. The average Bonchev–Trinajstić information content (AvgIpc) is 2.06.